The first-order valence-electron chi connectivity index (χ1n) is 9.32. The average molecular weight is 465 g/mol. The van der Waals surface area contributed by atoms with Gasteiger partial charge < -0.3 is 0 Å². The normalized spacial score (nSPS) is 12.2. The van der Waals surface area contributed by atoms with E-state index in [0.717, 1.165) is 0 Å². The Hall–Kier alpha value is -1.67. The molecule has 0 spiro atoms. The van der Waals surface area contributed by atoms with E-state index in [1.165, 1.54) is 28.5 Å². The Morgan fingerprint density at radius 3 is 1.14 bits per heavy atom. The van der Waals surface area contributed by atoms with E-state index in [0.29, 0.717) is 5.92 Å². The van der Waals surface area contributed by atoms with Crippen molar-refractivity contribution in [2.45, 2.75) is 20.3 Å². The van der Waals surface area contributed by atoms with Crippen molar-refractivity contribution >= 4 is 23.2 Å². The quantitative estimate of drug-likeness (QED) is 0.216. The number of hydrogen-bond acceptors (Lipinski definition) is 0. The fourth-order valence-corrected chi connectivity index (χ4v) is 7.95. The molecule has 3 rings (SSSR count). The van der Waals surface area contributed by atoms with Gasteiger partial charge in [-0.3, -0.25) is 0 Å². The molecule has 0 aliphatic carbocycles. The minimum absolute atomic E-state index is 0.709. The van der Waals surface area contributed by atoms with Crippen LogP contribution in [0.15, 0.2) is 91.0 Å². The van der Waals surface area contributed by atoms with Crippen LogP contribution in [-0.2, 0) is 14.7 Å². The number of rotatable bonds is 6. The van der Waals surface area contributed by atoms with Gasteiger partial charge in [-0.2, -0.15) is 0 Å². The third kappa shape index (κ3) is 7.26. The summed E-state index contributed by atoms with van der Waals surface area (Å²) in [7, 11) is -1.61. The standard InChI is InChI=1S/C23H26P.4FH.Fe/c1-20(2)18-19-24(21-12-6-3-7-13-21,22-14-8-4-9-15-22)23-16-10-5-11-17-23;;;;;/h3-17,20H,18-19H2,1-2H3;4*1H;/q+1;;;;;+3/p-4. The zero-order chi connectivity index (χ0) is 21.3. The van der Waals surface area contributed by atoms with Crippen LogP contribution in [0.4, 0.5) is 14.2 Å². The molecule has 0 saturated heterocycles. The molecule has 0 heterocycles. The van der Waals surface area contributed by atoms with Gasteiger partial charge in [0.05, 0.1) is 6.16 Å². The van der Waals surface area contributed by atoms with E-state index in [1.807, 2.05) is 0 Å². The van der Waals surface area contributed by atoms with Gasteiger partial charge in [-0.25, -0.2) is 0 Å². The first-order chi connectivity index (χ1) is 13.7. The fraction of sp³-hybridized carbons (Fsp3) is 0.217. The molecule has 0 saturated carbocycles. The van der Waals surface area contributed by atoms with E-state index >= 15 is 0 Å². The van der Waals surface area contributed by atoms with Crippen molar-refractivity contribution in [3.8, 4) is 0 Å². The summed E-state index contributed by atoms with van der Waals surface area (Å²) in [6.07, 6.45) is 2.47. The zero-order valence-electron chi connectivity index (χ0n) is 16.5. The van der Waals surface area contributed by atoms with E-state index in [-0.39, 0.29) is 0 Å². The van der Waals surface area contributed by atoms with Crippen molar-refractivity contribution in [3.63, 3.8) is 0 Å². The molecule has 0 aliphatic rings. The number of halogens is 4. The summed E-state index contributed by atoms with van der Waals surface area (Å²) < 4.78 is 39.2. The third-order valence-corrected chi connectivity index (χ3v) is 9.10. The molecule has 3 aromatic rings. The van der Waals surface area contributed by atoms with Crippen molar-refractivity contribution < 1.29 is 28.9 Å². The van der Waals surface area contributed by atoms with Gasteiger partial charge in [0.2, 0.25) is 0 Å². The Labute approximate surface area is 175 Å². The van der Waals surface area contributed by atoms with Crippen molar-refractivity contribution in [1.82, 2.24) is 0 Å². The zero-order valence-corrected chi connectivity index (χ0v) is 18.5. The van der Waals surface area contributed by atoms with Gasteiger partial charge in [0.1, 0.15) is 23.2 Å². The van der Waals surface area contributed by atoms with Crippen LogP contribution in [0.2, 0.25) is 0 Å². The van der Waals surface area contributed by atoms with Gasteiger partial charge >= 0.3 is 28.9 Å². The van der Waals surface area contributed by atoms with Gasteiger partial charge in [0.25, 0.3) is 0 Å². The van der Waals surface area contributed by atoms with Crippen LogP contribution in [0.3, 0.4) is 0 Å². The molecule has 0 fully saturated rings. The first-order valence-corrected chi connectivity index (χ1v) is 13.0. The summed E-state index contributed by atoms with van der Waals surface area (Å²) in [5.41, 5.74) is 0. The molecule has 29 heavy (non-hydrogen) atoms. The second-order valence-electron chi connectivity index (χ2n) is 7.03. The summed E-state index contributed by atoms with van der Waals surface area (Å²) in [6.45, 7) is 4.66. The van der Waals surface area contributed by atoms with Crippen LogP contribution < -0.4 is 15.9 Å². The molecule has 0 bridgehead atoms. The Bertz CT molecular complexity index is 734. The fourth-order valence-electron chi connectivity index (χ4n) is 3.33. The molecule has 0 N–H and O–H groups in total. The van der Waals surface area contributed by atoms with Gasteiger partial charge in [0.15, 0.2) is 0 Å². The summed E-state index contributed by atoms with van der Waals surface area (Å²) in [5.74, 6) is 0.709. The van der Waals surface area contributed by atoms with Crippen LogP contribution in [0.1, 0.15) is 20.3 Å². The Morgan fingerprint density at radius 1 is 0.621 bits per heavy atom. The predicted molar refractivity (Wildman–Crippen MR) is 114 cm³/mol. The van der Waals surface area contributed by atoms with Gasteiger partial charge in [0, 0.05) is 0 Å². The molecule has 0 unspecified atom stereocenters. The van der Waals surface area contributed by atoms with E-state index in [4.69, 9.17) is 0 Å². The molecule has 3 aromatic carbocycles. The molecule has 0 nitrogen and oxygen atoms in total. The van der Waals surface area contributed by atoms with Crippen LogP contribution in [0.5, 0.6) is 0 Å². The maximum atomic E-state index is 9.81. The van der Waals surface area contributed by atoms with Gasteiger partial charge in [-0.15, -0.1) is 0 Å². The van der Waals surface area contributed by atoms with Crippen molar-refractivity contribution in [1.29, 1.82) is 0 Å². The van der Waals surface area contributed by atoms with Gasteiger partial charge in [-0.05, 0) is 48.7 Å². The maximum absolute atomic E-state index is 9.81. The third-order valence-electron chi connectivity index (χ3n) is 4.63. The first kappa shape index (κ1) is 23.6. The van der Waals surface area contributed by atoms with Crippen LogP contribution in [0, 0.1) is 5.92 Å². The molecule has 0 radical (unpaired) electrons. The van der Waals surface area contributed by atoms with Crippen molar-refractivity contribution in [2.75, 3.05) is 6.16 Å². The number of benzene rings is 3. The summed E-state index contributed by atoms with van der Waals surface area (Å²) in [4.78, 5) is 0. The number of hydrogen-bond donors (Lipinski definition) is 0. The Morgan fingerprint density at radius 2 is 0.897 bits per heavy atom. The van der Waals surface area contributed by atoms with Crippen molar-refractivity contribution in [3.05, 3.63) is 91.0 Å². The van der Waals surface area contributed by atoms with E-state index in [2.05, 4.69) is 105 Å². The van der Waals surface area contributed by atoms with Crippen LogP contribution in [0.25, 0.3) is 0 Å². The van der Waals surface area contributed by atoms with Crippen molar-refractivity contribution in [2.24, 2.45) is 5.92 Å². The monoisotopic (exact) mass is 465 g/mol. The predicted octanol–water partition coefficient (Wildman–Crippen LogP) is 6.70. The second-order valence-corrected chi connectivity index (χ2v) is 11.6. The Kier molecular flexibility index (Phi) is 8.89. The Balaban J connectivity index is 0.000000537. The topological polar surface area (TPSA) is 0 Å². The summed E-state index contributed by atoms with van der Waals surface area (Å²) in [6, 6.07) is 33.4. The van der Waals surface area contributed by atoms with E-state index < -0.39 is 21.9 Å². The van der Waals surface area contributed by atoms with Gasteiger partial charge in [-0.1, -0.05) is 68.4 Å². The minimum atomic E-state index is -6.50. The summed E-state index contributed by atoms with van der Waals surface area (Å²) in [5, 5.41) is 4.47. The van der Waals surface area contributed by atoms with Crippen LogP contribution >= 0.6 is 7.26 Å². The molecular formula is C23H26F4FeP. The summed E-state index contributed by atoms with van der Waals surface area (Å²) >= 11 is -6.50. The molecule has 0 aromatic heterocycles. The molecule has 6 heteroatoms. The van der Waals surface area contributed by atoms with E-state index in [1.54, 1.807) is 0 Å². The SMILES string of the molecule is CC(C)CC[P+](c1ccccc1)(c1ccccc1)c1ccccc1.[F][Fe-]([F])([F])[F]. The second kappa shape index (κ2) is 10.9. The van der Waals surface area contributed by atoms with E-state index in [9.17, 15) is 14.2 Å². The molecule has 159 valence electrons. The molecular weight excluding hydrogens is 439 g/mol. The molecule has 0 aliphatic heterocycles. The average Bonchev–Trinajstić information content (AvgIpc) is 2.70. The molecule has 0 amide bonds. The molecule has 0 atom stereocenters. The van der Waals surface area contributed by atoms with Crippen LogP contribution in [-0.4, -0.2) is 6.16 Å².